The van der Waals surface area contributed by atoms with Crippen LogP contribution in [-0.2, 0) is 4.74 Å². The van der Waals surface area contributed by atoms with Gasteiger partial charge < -0.3 is 9.84 Å². The minimum atomic E-state index is -0.450. The van der Waals surface area contributed by atoms with Crippen LogP contribution in [-0.4, -0.2) is 24.4 Å². The van der Waals surface area contributed by atoms with Crippen LogP contribution in [0.2, 0.25) is 0 Å². The van der Waals surface area contributed by atoms with E-state index in [-0.39, 0.29) is 5.92 Å². The fourth-order valence-electron chi connectivity index (χ4n) is 1.59. The molecule has 12 heavy (non-hydrogen) atoms. The Kier molecular flexibility index (Phi) is 2.71. The normalized spacial score (nSPS) is 34.2. The molecule has 0 aliphatic carbocycles. The lowest BCUT2D eigenvalue weighted by Gasteiger charge is -2.28. The van der Waals surface area contributed by atoms with E-state index in [1.54, 1.807) is 6.92 Å². The Balaban J connectivity index is 2.74. The van der Waals surface area contributed by atoms with Crippen molar-refractivity contribution in [2.24, 2.45) is 11.3 Å². The molecule has 3 heteroatoms. The lowest BCUT2D eigenvalue weighted by Crippen LogP contribution is -2.34. The van der Waals surface area contributed by atoms with Crippen molar-refractivity contribution in [2.45, 2.75) is 26.4 Å². The summed E-state index contributed by atoms with van der Waals surface area (Å²) in [4.78, 5) is 0. The maximum Gasteiger partial charge on any atom is 0.0878 e. The fraction of sp³-hybridized carbons (Fsp3) is 0.889. The van der Waals surface area contributed by atoms with Gasteiger partial charge in [-0.05, 0) is 13.3 Å². The Labute approximate surface area is 73.0 Å². The van der Waals surface area contributed by atoms with Crippen LogP contribution in [0.15, 0.2) is 0 Å². The van der Waals surface area contributed by atoms with Crippen LogP contribution in [0.25, 0.3) is 0 Å². The molecule has 0 radical (unpaired) electrons. The highest BCUT2D eigenvalue weighted by molar-refractivity contribution is 5.05. The highest BCUT2D eigenvalue weighted by Gasteiger charge is 2.42. The maximum atomic E-state index is 9.37. The highest BCUT2D eigenvalue weighted by atomic mass is 16.5. The van der Waals surface area contributed by atoms with E-state index in [9.17, 15) is 5.11 Å². The number of ether oxygens (including phenoxy) is 1. The highest BCUT2D eigenvalue weighted by Crippen LogP contribution is 2.37. The first-order valence-corrected chi connectivity index (χ1v) is 4.29. The van der Waals surface area contributed by atoms with Crippen molar-refractivity contribution < 1.29 is 9.84 Å². The van der Waals surface area contributed by atoms with Gasteiger partial charge >= 0.3 is 0 Å². The lowest BCUT2D eigenvalue weighted by atomic mass is 9.74. The average molecular weight is 169 g/mol. The van der Waals surface area contributed by atoms with E-state index in [1.165, 1.54) is 0 Å². The molecule has 0 bridgehead atoms. The van der Waals surface area contributed by atoms with E-state index in [0.717, 1.165) is 6.42 Å². The minimum absolute atomic E-state index is 0.00926. The summed E-state index contributed by atoms with van der Waals surface area (Å²) < 4.78 is 5.19. The summed E-state index contributed by atoms with van der Waals surface area (Å²) in [5, 5.41) is 18.4. The molecule has 68 valence electrons. The third-order valence-corrected chi connectivity index (χ3v) is 2.87. The summed E-state index contributed by atoms with van der Waals surface area (Å²) >= 11 is 0. The van der Waals surface area contributed by atoms with E-state index >= 15 is 0 Å². The Hall–Kier alpha value is -0.590. The van der Waals surface area contributed by atoms with Gasteiger partial charge in [-0.2, -0.15) is 5.26 Å². The van der Waals surface area contributed by atoms with Gasteiger partial charge in [0.15, 0.2) is 0 Å². The van der Waals surface area contributed by atoms with Gasteiger partial charge in [0, 0.05) is 12.5 Å². The predicted molar refractivity (Wildman–Crippen MR) is 44.3 cm³/mol. The minimum Gasteiger partial charge on any atom is -0.393 e. The van der Waals surface area contributed by atoms with Gasteiger partial charge in [0.05, 0.1) is 24.2 Å². The molecule has 0 aromatic rings. The van der Waals surface area contributed by atoms with Crippen molar-refractivity contribution in [1.29, 1.82) is 5.26 Å². The Morgan fingerprint density at radius 2 is 2.25 bits per heavy atom. The second-order valence-corrected chi connectivity index (χ2v) is 3.60. The molecular weight excluding hydrogens is 154 g/mol. The Bertz CT molecular complexity index is 189. The maximum absolute atomic E-state index is 9.37. The lowest BCUT2D eigenvalue weighted by molar-refractivity contribution is 0.0581. The van der Waals surface area contributed by atoms with Crippen LogP contribution in [0.4, 0.5) is 0 Å². The first kappa shape index (κ1) is 9.50. The monoisotopic (exact) mass is 169 g/mol. The number of rotatable bonds is 2. The molecule has 0 aromatic heterocycles. The van der Waals surface area contributed by atoms with Crippen molar-refractivity contribution in [2.75, 3.05) is 13.2 Å². The van der Waals surface area contributed by atoms with E-state index in [2.05, 4.69) is 6.07 Å². The number of aliphatic hydroxyl groups is 1. The summed E-state index contributed by atoms with van der Waals surface area (Å²) in [7, 11) is 0. The van der Waals surface area contributed by atoms with Gasteiger partial charge in [-0.3, -0.25) is 0 Å². The zero-order valence-electron chi connectivity index (χ0n) is 7.58. The van der Waals surface area contributed by atoms with E-state index in [0.29, 0.717) is 13.2 Å². The number of hydrogen-bond acceptors (Lipinski definition) is 3. The molecule has 1 saturated heterocycles. The van der Waals surface area contributed by atoms with Crippen molar-refractivity contribution in [3.8, 4) is 6.07 Å². The van der Waals surface area contributed by atoms with Gasteiger partial charge in [-0.1, -0.05) is 6.92 Å². The van der Waals surface area contributed by atoms with Crippen molar-refractivity contribution >= 4 is 0 Å². The second kappa shape index (κ2) is 3.42. The molecule has 3 atom stereocenters. The van der Waals surface area contributed by atoms with Gasteiger partial charge in [0.25, 0.3) is 0 Å². The zero-order chi connectivity index (χ0) is 9.19. The number of hydrogen-bond donors (Lipinski definition) is 1. The number of nitriles is 1. The van der Waals surface area contributed by atoms with Crippen molar-refractivity contribution in [3.05, 3.63) is 0 Å². The zero-order valence-corrected chi connectivity index (χ0v) is 7.58. The molecule has 1 heterocycles. The number of nitrogens with zero attached hydrogens (tertiary/aromatic N) is 1. The van der Waals surface area contributed by atoms with Crippen LogP contribution in [0.1, 0.15) is 20.3 Å². The third kappa shape index (κ3) is 1.45. The Morgan fingerprint density at radius 3 is 2.58 bits per heavy atom. The summed E-state index contributed by atoms with van der Waals surface area (Å²) in [6.45, 7) is 4.74. The summed E-state index contributed by atoms with van der Waals surface area (Å²) in [6.07, 6.45) is 0.307. The van der Waals surface area contributed by atoms with Gasteiger partial charge in [0.2, 0.25) is 0 Å². The standard InChI is InChI=1S/C9H15NO2/c1-7(8(2)11)9(5-10)3-4-12-6-9/h7-8,11H,3-4,6H2,1-2H3. The first-order chi connectivity index (χ1) is 5.62. The Morgan fingerprint density at radius 1 is 1.58 bits per heavy atom. The fourth-order valence-corrected chi connectivity index (χ4v) is 1.59. The molecule has 1 rings (SSSR count). The van der Waals surface area contributed by atoms with Crippen LogP contribution in [0.5, 0.6) is 0 Å². The SMILES string of the molecule is CC(O)C(C)C1(C#N)CCOC1. The van der Waals surface area contributed by atoms with E-state index < -0.39 is 11.5 Å². The predicted octanol–water partition coefficient (Wildman–Crippen LogP) is 0.934. The van der Waals surface area contributed by atoms with Crippen LogP contribution in [0, 0.1) is 22.7 Å². The molecule has 1 aliphatic rings. The first-order valence-electron chi connectivity index (χ1n) is 4.29. The molecule has 1 N–H and O–H groups in total. The van der Waals surface area contributed by atoms with Crippen LogP contribution >= 0.6 is 0 Å². The van der Waals surface area contributed by atoms with Gasteiger partial charge in [-0.15, -0.1) is 0 Å². The van der Waals surface area contributed by atoms with E-state index in [1.807, 2.05) is 6.92 Å². The topological polar surface area (TPSA) is 53.2 Å². The molecule has 0 saturated carbocycles. The molecule has 0 aromatic carbocycles. The van der Waals surface area contributed by atoms with Gasteiger partial charge in [-0.25, -0.2) is 0 Å². The number of aliphatic hydroxyl groups excluding tert-OH is 1. The molecule has 3 unspecified atom stereocenters. The second-order valence-electron chi connectivity index (χ2n) is 3.60. The van der Waals surface area contributed by atoms with Gasteiger partial charge in [0.1, 0.15) is 0 Å². The largest absolute Gasteiger partial charge is 0.393 e. The summed E-state index contributed by atoms with van der Waals surface area (Å²) in [5.41, 5.74) is -0.450. The van der Waals surface area contributed by atoms with Crippen LogP contribution < -0.4 is 0 Å². The van der Waals surface area contributed by atoms with E-state index in [4.69, 9.17) is 10.00 Å². The third-order valence-electron chi connectivity index (χ3n) is 2.87. The molecule has 0 spiro atoms. The molecular formula is C9H15NO2. The van der Waals surface area contributed by atoms with Crippen LogP contribution in [0.3, 0.4) is 0 Å². The molecule has 3 nitrogen and oxygen atoms in total. The van der Waals surface area contributed by atoms with Crippen molar-refractivity contribution in [1.82, 2.24) is 0 Å². The molecule has 0 amide bonds. The average Bonchev–Trinajstić information content (AvgIpc) is 2.52. The summed E-state index contributed by atoms with van der Waals surface area (Å²) in [5.74, 6) is -0.00926. The summed E-state index contributed by atoms with van der Waals surface area (Å²) in [6, 6.07) is 2.27. The smallest absolute Gasteiger partial charge is 0.0878 e. The molecule has 1 fully saturated rings. The molecule has 1 aliphatic heterocycles. The quantitative estimate of drug-likeness (QED) is 0.669. The van der Waals surface area contributed by atoms with Crippen molar-refractivity contribution in [3.63, 3.8) is 0 Å².